The molecule has 0 radical (unpaired) electrons. The van der Waals surface area contributed by atoms with Crippen LogP contribution < -0.4 is 10.9 Å². The second kappa shape index (κ2) is 4.79. The van der Waals surface area contributed by atoms with Crippen molar-refractivity contribution >= 4 is 27.7 Å². The van der Waals surface area contributed by atoms with Gasteiger partial charge in [0.1, 0.15) is 6.54 Å². The first-order valence-electron chi connectivity index (χ1n) is 6.15. The molecule has 20 heavy (non-hydrogen) atoms. The molecule has 3 rings (SSSR count). The molecule has 0 saturated carbocycles. The largest absolute Gasteiger partial charge is 0.331 e. The Morgan fingerprint density at radius 2 is 1.50 bits per heavy atom. The number of hydrogen-bond acceptors (Lipinski definition) is 3. The maximum atomic E-state index is 12.4. The van der Waals surface area contributed by atoms with E-state index in [0.29, 0.717) is 21.8 Å². The summed E-state index contributed by atoms with van der Waals surface area (Å²) in [6.45, 7) is -0.0577. The summed E-state index contributed by atoms with van der Waals surface area (Å²) < 4.78 is 1.72. The van der Waals surface area contributed by atoms with Gasteiger partial charge >= 0.3 is 0 Å². The second-order valence-electron chi connectivity index (χ2n) is 4.48. The molecule has 5 nitrogen and oxygen atoms in total. The normalized spacial score (nSPS) is 10.8. The summed E-state index contributed by atoms with van der Waals surface area (Å²) in [4.78, 5) is 23.9. The van der Waals surface area contributed by atoms with Crippen LogP contribution >= 0.6 is 0 Å². The number of fused-ring (bicyclic) bond motifs is 2. The van der Waals surface area contributed by atoms with E-state index in [1.165, 1.54) is 0 Å². The molecule has 1 heterocycles. The van der Waals surface area contributed by atoms with Crippen LogP contribution in [0.1, 0.15) is 0 Å². The molecular weight excluding hydrogens is 256 g/mol. The maximum Gasteiger partial charge on any atom is 0.263 e. The van der Waals surface area contributed by atoms with E-state index in [4.69, 9.17) is 5.21 Å². The first-order valence-corrected chi connectivity index (χ1v) is 6.15. The van der Waals surface area contributed by atoms with Gasteiger partial charge in [0, 0.05) is 10.8 Å². The van der Waals surface area contributed by atoms with Crippen LogP contribution in [-0.2, 0) is 11.3 Å². The number of nitrogens with one attached hydrogen (secondary N) is 1. The fraction of sp³-hybridized carbons (Fsp3) is 0.0667. The van der Waals surface area contributed by atoms with Gasteiger partial charge in [-0.05, 0) is 24.3 Å². The summed E-state index contributed by atoms with van der Waals surface area (Å²) in [5.41, 5.74) is 2.89. The molecule has 2 aromatic carbocycles. The van der Waals surface area contributed by atoms with Gasteiger partial charge in [0.05, 0.1) is 11.0 Å². The minimum atomic E-state index is -0.538. The fourth-order valence-electron chi connectivity index (χ4n) is 2.43. The molecule has 5 heteroatoms. The van der Waals surface area contributed by atoms with E-state index in [-0.39, 0.29) is 12.0 Å². The fourth-order valence-corrected chi connectivity index (χ4v) is 2.43. The molecule has 0 unspecified atom stereocenters. The molecule has 0 aliphatic heterocycles. The molecule has 2 N–H and O–H groups in total. The third-order valence-electron chi connectivity index (χ3n) is 3.31. The SMILES string of the molecule is O=C(Cn1c2ccccc2c(=O)c2ccccc21)NO. The van der Waals surface area contributed by atoms with E-state index >= 15 is 0 Å². The van der Waals surface area contributed by atoms with Gasteiger partial charge in [-0.3, -0.25) is 14.8 Å². The molecule has 100 valence electrons. The number of nitrogens with zero attached hydrogens (tertiary/aromatic N) is 1. The van der Waals surface area contributed by atoms with Crippen molar-refractivity contribution in [3.63, 3.8) is 0 Å². The van der Waals surface area contributed by atoms with Gasteiger partial charge < -0.3 is 4.57 Å². The van der Waals surface area contributed by atoms with Crippen LogP contribution in [0.3, 0.4) is 0 Å². The van der Waals surface area contributed by atoms with Gasteiger partial charge in [-0.15, -0.1) is 0 Å². The highest BCUT2D eigenvalue weighted by Gasteiger charge is 2.11. The Morgan fingerprint density at radius 3 is 2.00 bits per heavy atom. The lowest BCUT2D eigenvalue weighted by atomic mass is 10.1. The number of hydroxylamine groups is 1. The van der Waals surface area contributed by atoms with Crippen molar-refractivity contribution in [1.82, 2.24) is 10.0 Å². The number of carbonyl (C=O) groups excluding carboxylic acids is 1. The number of rotatable bonds is 2. The molecule has 0 atom stereocenters. The Bertz CT molecular complexity index is 808. The lowest BCUT2D eigenvalue weighted by Crippen LogP contribution is -2.25. The molecule has 0 fully saturated rings. The highest BCUT2D eigenvalue weighted by Crippen LogP contribution is 2.18. The van der Waals surface area contributed by atoms with Crippen LogP contribution in [0, 0.1) is 0 Å². The molecule has 0 spiro atoms. The van der Waals surface area contributed by atoms with E-state index < -0.39 is 5.91 Å². The van der Waals surface area contributed by atoms with Crippen molar-refractivity contribution in [2.24, 2.45) is 0 Å². The minimum Gasteiger partial charge on any atom is -0.331 e. The lowest BCUT2D eigenvalue weighted by molar-refractivity contribution is -0.129. The number of hydrogen-bond donors (Lipinski definition) is 2. The van der Waals surface area contributed by atoms with Crippen molar-refractivity contribution in [1.29, 1.82) is 0 Å². The topological polar surface area (TPSA) is 71.3 Å². The molecule has 0 saturated heterocycles. The van der Waals surface area contributed by atoms with Gasteiger partial charge in [0.25, 0.3) is 5.91 Å². The molecule has 1 amide bonds. The van der Waals surface area contributed by atoms with Crippen LogP contribution in [0.4, 0.5) is 0 Å². The zero-order chi connectivity index (χ0) is 14.1. The summed E-state index contributed by atoms with van der Waals surface area (Å²) in [5, 5.41) is 9.83. The van der Waals surface area contributed by atoms with E-state index in [1.807, 2.05) is 12.1 Å². The first-order chi connectivity index (χ1) is 9.72. The smallest absolute Gasteiger partial charge is 0.263 e. The predicted molar refractivity (Wildman–Crippen MR) is 75.6 cm³/mol. The number of para-hydroxylation sites is 2. The van der Waals surface area contributed by atoms with Gasteiger partial charge in [-0.25, -0.2) is 5.48 Å². The number of aromatic nitrogens is 1. The number of pyridine rings is 1. The van der Waals surface area contributed by atoms with E-state index in [2.05, 4.69) is 0 Å². The summed E-state index contributed by atoms with van der Waals surface area (Å²) in [6.07, 6.45) is 0. The lowest BCUT2D eigenvalue weighted by Gasteiger charge is -2.13. The number of amides is 1. The van der Waals surface area contributed by atoms with Crippen LogP contribution in [0.2, 0.25) is 0 Å². The molecule has 3 aromatic rings. The Kier molecular flexibility index (Phi) is 2.96. The Hall–Kier alpha value is -2.66. The van der Waals surface area contributed by atoms with Crippen molar-refractivity contribution in [2.75, 3.05) is 0 Å². The third-order valence-corrected chi connectivity index (χ3v) is 3.31. The molecule has 0 bridgehead atoms. The van der Waals surface area contributed by atoms with Crippen LogP contribution in [0.15, 0.2) is 53.3 Å². The van der Waals surface area contributed by atoms with Gasteiger partial charge in [-0.2, -0.15) is 0 Å². The highest BCUT2D eigenvalue weighted by atomic mass is 16.5. The van der Waals surface area contributed by atoms with Gasteiger partial charge in [-0.1, -0.05) is 24.3 Å². The number of carbonyl (C=O) groups is 1. The van der Waals surface area contributed by atoms with Crippen molar-refractivity contribution in [3.8, 4) is 0 Å². The molecular formula is C15H12N2O3. The Morgan fingerprint density at radius 1 is 1.00 bits per heavy atom. The summed E-state index contributed by atoms with van der Waals surface area (Å²) in [6, 6.07) is 14.2. The van der Waals surface area contributed by atoms with E-state index in [1.54, 1.807) is 46.4 Å². The second-order valence-corrected chi connectivity index (χ2v) is 4.48. The average molecular weight is 268 g/mol. The minimum absolute atomic E-state index is 0.0577. The number of benzene rings is 2. The Labute approximate surface area is 114 Å². The first kappa shape index (κ1) is 12.4. The quantitative estimate of drug-likeness (QED) is 0.422. The van der Waals surface area contributed by atoms with E-state index in [9.17, 15) is 9.59 Å². The summed E-state index contributed by atoms with van der Waals surface area (Å²) in [5.74, 6) is -0.538. The molecule has 1 aromatic heterocycles. The van der Waals surface area contributed by atoms with Crippen molar-refractivity contribution < 1.29 is 10.0 Å². The van der Waals surface area contributed by atoms with Crippen molar-refractivity contribution in [2.45, 2.75) is 6.54 Å². The highest BCUT2D eigenvalue weighted by molar-refractivity contribution is 5.94. The molecule has 0 aliphatic carbocycles. The van der Waals surface area contributed by atoms with Crippen LogP contribution in [-0.4, -0.2) is 15.7 Å². The van der Waals surface area contributed by atoms with Crippen molar-refractivity contribution in [3.05, 3.63) is 58.8 Å². The van der Waals surface area contributed by atoms with Crippen LogP contribution in [0.5, 0.6) is 0 Å². The van der Waals surface area contributed by atoms with Gasteiger partial charge in [0.2, 0.25) is 0 Å². The zero-order valence-electron chi connectivity index (χ0n) is 10.5. The third kappa shape index (κ3) is 1.85. The van der Waals surface area contributed by atoms with E-state index in [0.717, 1.165) is 0 Å². The van der Waals surface area contributed by atoms with Crippen LogP contribution in [0.25, 0.3) is 21.8 Å². The summed E-state index contributed by atoms with van der Waals surface area (Å²) in [7, 11) is 0. The Balaban J connectivity index is 2.46. The summed E-state index contributed by atoms with van der Waals surface area (Å²) >= 11 is 0. The maximum absolute atomic E-state index is 12.4. The standard InChI is InChI=1S/C15H12N2O3/c18-14(16-20)9-17-12-7-3-1-5-10(12)15(19)11-6-2-4-8-13(11)17/h1-8,20H,9H2,(H,16,18). The monoisotopic (exact) mass is 268 g/mol. The zero-order valence-corrected chi connectivity index (χ0v) is 10.5. The predicted octanol–water partition coefficient (Wildman–Crippen LogP) is 1.66. The average Bonchev–Trinajstić information content (AvgIpc) is 2.51. The van der Waals surface area contributed by atoms with Gasteiger partial charge in [0.15, 0.2) is 5.43 Å². The molecule has 0 aliphatic rings.